The number of hydrogen-bond donors (Lipinski definition) is 2. The van der Waals surface area contributed by atoms with Gasteiger partial charge in [-0.25, -0.2) is 5.43 Å². The maximum Gasteiger partial charge on any atom is 0.417 e. The minimum atomic E-state index is -4.63. The number of nitrogens with one attached hydrogen (secondary N) is 2. The molecule has 3 aromatic rings. The zero-order chi connectivity index (χ0) is 31.7. The second-order valence-corrected chi connectivity index (χ2v) is 11.0. The molecule has 0 spiro atoms. The molecule has 0 bridgehead atoms. The Balaban J connectivity index is 1.55. The zero-order valence-electron chi connectivity index (χ0n) is 24.5. The fourth-order valence-electron chi connectivity index (χ4n) is 4.62. The predicted octanol–water partition coefficient (Wildman–Crippen LogP) is 6.67. The van der Waals surface area contributed by atoms with Crippen molar-refractivity contribution in [1.82, 2.24) is 10.3 Å². The maximum atomic E-state index is 13.3. The first-order valence-electron chi connectivity index (χ1n) is 14.2. The molecule has 0 atom stereocenters. The molecule has 11 heteroatoms. The van der Waals surface area contributed by atoms with Gasteiger partial charge in [0.1, 0.15) is 0 Å². The third-order valence-electron chi connectivity index (χ3n) is 6.93. The summed E-state index contributed by atoms with van der Waals surface area (Å²) in [6.07, 6.45) is 0.340. The summed E-state index contributed by atoms with van der Waals surface area (Å²) in [5, 5.41) is 6.26. The van der Waals surface area contributed by atoms with Crippen LogP contribution in [0.3, 0.4) is 0 Å². The molecule has 1 aliphatic heterocycles. The van der Waals surface area contributed by atoms with Crippen LogP contribution in [0.15, 0.2) is 65.8 Å². The van der Waals surface area contributed by atoms with Gasteiger partial charge in [0.05, 0.1) is 28.1 Å². The van der Waals surface area contributed by atoms with Crippen LogP contribution < -0.4 is 15.6 Å². The first kappa shape index (κ1) is 32.6. The van der Waals surface area contributed by atoms with Gasteiger partial charge in [0, 0.05) is 42.9 Å². The molecule has 44 heavy (non-hydrogen) atoms. The summed E-state index contributed by atoms with van der Waals surface area (Å²) in [4.78, 5) is 30.8. The van der Waals surface area contributed by atoms with Gasteiger partial charge < -0.3 is 15.1 Å². The summed E-state index contributed by atoms with van der Waals surface area (Å²) in [5.74, 6) is 5.11. The SMILES string of the molecule is CN(C)CCC#Cc1cccc(C(=O)Nc2ccc(N3CCCCC3)cc2C(=O)N/N=C/c2ccc(Cl)c(C(F)(F)F)c2)c1. The van der Waals surface area contributed by atoms with Crippen LogP contribution >= 0.6 is 11.6 Å². The number of alkyl halides is 3. The number of carbonyl (C=O) groups is 2. The Hall–Kier alpha value is -4.33. The second kappa shape index (κ2) is 14.9. The molecule has 2 amide bonds. The number of nitrogens with zero attached hydrogens (tertiary/aromatic N) is 3. The lowest BCUT2D eigenvalue weighted by Gasteiger charge is -2.29. The molecule has 0 aromatic heterocycles. The molecule has 1 heterocycles. The van der Waals surface area contributed by atoms with E-state index in [0.29, 0.717) is 17.5 Å². The van der Waals surface area contributed by atoms with Crippen molar-refractivity contribution >= 4 is 41.0 Å². The highest BCUT2D eigenvalue weighted by atomic mass is 35.5. The van der Waals surface area contributed by atoms with Gasteiger partial charge in [0.15, 0.2) is 0 Å². The number of hydrogen-bond acceptors (Lipinski definition) is 5. The molecule has 0 unspecified atom stereocenters. The molecule has 1 aliphatic rings. The average molecular weight is 624 g/mol. The lowest BCUT2D eigenvalue weighted by atomic mass is 10.1. The van der Waals surface area contributed by atoms with E-state index in [4.69, 9.17) is 11.6 Å². The van der Waals surface area contributed by atoms with E-state index in [-0.39, 0.29) is 16.8 Å². The monoisotopic (exact) mass is 623 g/mol. The molecule has 7 nitrogen and oxygen atoms in total. The molecular weight excluding hydrogens is 591 g/mol. The lowest BCUT2D eigenvalue weighted by molar-refractivity contribution is -0.137. The number of piperidine rings is 1. The van der Waals surface area contributed by atoms with Crippen LogP contribution in [0.1, 0.15) is 63.1 Å². The Kier molecular flexibility index (Phi) is 11.0. The van der Waals surface area contributed by atoms with Gasteiger partial charge in [0.2, 0.25) is 0 Å². The quantitative estimate of drug-likeness (QED) is 0.167. The molecule has 0 aliphatic carbocycles. The van der Waals surface area contributed by atoms with Gasteiger partial charge >= 0.3 is 6.18 Å². The molecule has 3 aromatic carbocycles. The Labute approximate surface area is 260 Å². The Morgan fingerprint density at radius 3 is 2.52 bits per heavy atom. The normalized spacial score (nSPS) is 13.5. The van der Waals surface area contributed by atoms with Crippen LogP contribution in [0.25, 0.3) is 0 Å². The van der Waals surface area contributed by atoms with Crippen LogP contribution in [-0.2, 0) is 6.18 Å². The minimum Gasteiger partial charge on any atom is -0.372 e. The molecular formula is C33H33ClF3N5O2. The predicted molar refractivity (Wildman–Crippen MR) is 168 cm³/mol. The number of benzene rings is 3. The van der Waals surface area contributed by atoms with E-state index in [1.54, 1.807) is 30.3 Å². The van der Waals surface area contributed by atoms with Gasteiger partial charge in [-0.3, -0.25) is 9.59 Å². The van der Waals surface area contributed by atoms with E-state index in [1.165, 1.54) is 6.07 Å². The number of carbonyl (C=O) groups excluding carboxylic acids is 2. The largest absolute Gasteiger partial charge is 0.417 e. The molecule has 4 rings (SSSR count). The van der Waals surface area contributed by atoms with Gasteiger partial charge in [-0.05, 0) is 87.5 Å². The Morgan fingerprint density at radius 2 is 1.80 bits per heavy atom. The van der Waals surface area contributed by atoms with Crippen molar-refractivity contribution in [3.8, 4) is 11.8 Å². The highest BCUT2D eigenvalue weighted by Gasteiger charge is 2.33. The van der Waals surface area contributed by atoms with E-state index in [9.17, 15) is 22.8 Å². The lowest BCUT2D eigenvalue weighted by Crippen LogP contribution is -2.30. The van der Waals surface area contributed by atoms with Crippen molar-refractivity contribution < 1.29 is 22.8 Å². The van der Waals surface area contributed by atoms with E-state index < -0.39 is 28.6 Å². The molecule has 0 radical (unpaired) electrons. The molecule has 0 saturated carbocycles. The van der Waals surface area contributed by atoms with Crippen molar-refractivity contribution in [2.24, 2.45) is 5.10 Å². The van der Waals surface area contributed by atoms with Crippen LogP contribution in [0.4, 0.5) is 24.5 Å². The third kappa shape index (κ3) is 9.09. The van der Waals surface area contributed by atoms with Crippen LogP contribution in [0.5, 0.6) is 0 Å². The van der Waals surface area contributed by atoms with Crippen molar-refractivity contribution in [2.75, 3.05) is 43.9 Å². The van der Waals surface area contributed by atoms with E-state index in [2.05, 4.69) is 32.6 Å². The van der Waals surface area contributed by atoms with Crippen molar-refractivity contribution in [3.05, 3.63) is 93.5 Å². The summed E-state index contributed by atoms with van der Waals surface area (Å²) >= 11 is 5.69. The Bertz CT molecular complexity index is 1590. The van der Waals surface area contributed by atoms with Crippen LogP contribution in [0, 0.1) is 11.8 Å². The van der Waals surface area contributed by atoms with E-state index in [0.717, 1.165) is 62.9 Å². The van der Waals surface area contributed by atoms with Crippen LogP contribution in [-0.4, -0.2) is 56.7 Å². The van der Waals surface area contributed by atoms with Crippen molar-refractivity contribution in [3.63, 3.8) is 0 Å². The van der Waals surface area contributed by atoms with E-state index in [1.807, 2.05) is 31.1 Å². The topological polar surface area (TPSA) is 77.0 Å². The number of halogens is 4. The first-order valence-corrected chi connectivity index (χ1v) is 14.5. The molecule has 1 saturated heterocycles. The highest BCUT2D eigenvalue weighted by Crippen LogP contribution is 2.35. The maximum absolute atomic E-state index is 13.3. The number of rotatable bonds is 8. The second-order valence-electron chi connectivity index (χ2n) is 10.6. The van der Waals surface area contributed by atoms with Crippen LogP contribution in [0.2, 0.25) is 5.02 Å². The number of anilines is 2. The fourth-order valence-corrected chi connectivity index (χ4v) is 4.85. The number of hydrazone groups is 1. The van der Waals surface area contributed by atoms with Crippen molar-refractivity contribution in [1.29, 1.82) is 0 Å². The summed E-state index contributed by atoms with van der Waals surface area (Å²) < 4.78 is 39.7. The summed E-state index contributed by atoms with van der Waals surface area (Å²) in [6, 6.07) is 15.4. The van der Waals surface area contributed by atoms with Gasteiger partial charge in [0.25, 0.3) is 11.8 Å². The molecule has 2 N–H and O–H groups in total. The Morgan fingerprint density at radius 1 is 1.02 bits per heavy atom. The number of amides is 2. The van der Waals surface area contributed by atoms with Gasteiger partial charge in [-0.2, -0.15) is 18.3 Å². The molecule has 1 fully saturated rings. The highest BCUT2D eigenvalue weighted by molar-refractivity contribution is 6.31. The zero-order valence-corrected chi connectivity index (χ0v) is 25.2. The smallest absolute Gasteiger partial charge is 0.372 e. The summed E-state index contributed by atoms with van der Waals surface area (Å²) in [5.41, 5.74) is 3.78. The van der Waals surface area contributed by atoms with Gasteiger partial charge in [-0.15, -0.1) is 0 Å². The van der Waals surface area contributed by atoms with Crippen molar-refractivity contribution in [2.45, 2.75) is 31.9 Å². The fraction of sp³-hybridized carbons (Fsp3) is 0.303. The first-order chi connectivity index (χ1) is 21.0. The third-order valence-corrected chi connectivity index (χ3v) is 7.26. The average Bonchev–Trinajstić information content (AvgIpc) is 3.00. The van der Waals surface area contributed by atoms with Gasteiger partial charge in [-0.1, -0.05) is 35.6 Å². The van der Waals surface area contributed by atoms with E-state index >= 15 is 0 Å². The molecule has 230 valence electrons. The standard InChI is InChI=1S/C33H33ClF3N5O2/c1-41(2)16-7-4-9-23-10-8-11-25(19-23)31(43)39-30-15-13-26(42-17-5-3-6-18-42)21-27(30)32(44)40-38-22-24-12-14-29(34)28(20-24)33(35,36)37/h8,10-15,19-22H,3,5-7,16-18H2,1-2H3,(H,39,43)(H,40,44)/b38-22+. The minimum absolute atomic E-state index is 0.0994. The summed E-state index contributed by atoms with van der Waals surface area (Å²) in [6.45, 7) is 2.50. The summed E-state index contributed by atoms with van der Waals surface area (Å²) in [7, 11) is 3.94.